The van der Waals surface area contributed by atoms with E-state index in [0.717, 1.165) is 0 Å². The molecule has 6 heavy (non-hydrogen) atoms. The molecule has 0 fully saturated rings. The summed E-state index contributed by atoms with van der Waals surface area (Å²) in [7, 11) is -1.06. The molecule has 0 aliphatic rings. The first-order valence-electron chi connectivity index (χ1n) is 0.757. The van der Waals surface area contributed by atoms with Crippen molar-refractivity contribution in [2.45, 2.75) is 0 Å². The standard InChI is InChI=1S/Na.HO4P/c;1-3-4-5-2/h;5H/q+1;/p+1. The summed E-state index contributed by atoms with van der Waals surface area (Å²) >= 11 is 0. The number of rotatable bonds is 2. The first-order valence-corrected chi connectivity index (χ1v) is 1.57. The van der Waals surface area contributed by atoms with Gasteiger partial charge in [-0.25, -0.2) is 5.26 Å². The Morgan fingerprint density at radius 3 is 2.17 bits per heavy atom. The minimum Gasteiger partial charge on any atom is -0.218 e. The maximum atomic E-state index is 9.05. The molecule has 0 aliphatic heterocycles. The Balaban J connectivity index is 0. The van der Waals surface area contributed by atoms with Crippen molar-refractivity contribution in [3.05, 3.63) is 0 Å². The van der Waals surface area contributed by atoms with Gasteiger partial charge in [0.05, 0.1) is 4.67 Å². The average molecular weight is 120 g/mol. The van der Waals surface area contributed by atoms with Crippen molar-refractivity contribution in [1.29, 1.82) is 0 Å². The van der Waals surface area contributed by atoms with E-state index < -0.39 is 8.69 Å². The van der Waals surface area contributed by atoms with Gasteiger partial charge in [0.15, 0.2) is 0 Å². The Morgan fingerprint density at radius 2 is 2.17 bits per heavy atom. The van der Waals surface area contributed by atoms with Gasteiger partial charge in [-0.15, -0.1) is 0 Å². The summed E-state index contributed by atoms with van der Waals surface area (Å²) in [6, 6.07) is 0. The molecule has 0 saturated heterocycles. The van der Waals surface area contributed by atoms with E-state index in [4.69, 9.17) is 9.82 Å². The number of hydrogen-bond acceptors (Lipinski definition) is 4. The molecule has 1 N–H and O–H groups in total. The van der Waals surface area contributed by atoms with Crippen LogP contribution in [0.15, 0.2) is 0 Å². The van der Waals surface area contributed by atoms with Crippen molar-refractivity contribution in [3.63, 3.8) is 0 Å². The van der Waals surface area contributed by atoms with Crippen LogP contribution in [0.25, 0.3) is 0 Å². The van der Waals surface area contributed by atoms with Crippen molar-refractivity contribution >= 4 is 8.69 Å². The average Bonchev–Trinajstić information content (AvgIpc) is 1.41. The molecule has 0 aromatic carbocycles. The molecule has 0 aromatic heterocycles. The molecule has 0 aliphatic carbocycles. The second-order valence-corrected chi connectivity index (χ2v) is 0.575. The van der Waals surface area contributed by atoms with Crippen molar-refractivity contribution in [2.75, 3.05) is 0 Å². The minimum absolute atomic E-state index is 0. The molecule has 0 saturated carbocycles. The van der Waals surface area contributed by atoms with E-state index in [-0.39, 0.29) is 29.6 Å². The fraction of sp³-hybridized carbons (Fsp3) is 0. The zero-order chi connectivity index (χ0) is 4.12. The van der Waals surface area contributed by atoms with Gasteiger partial charge in [0.25, 0.3) is 0 Å². The maximum Gasteiger partial charge on any atom is 1.00 e. The Labute approximate surface area is 57.9 Å². The largest absolute Gasteiger partial charge is 1.00 e. The SMILES string of the molecule is O=[PH+]OOO.[Na+]. The molecule has 0 spiro atoms. The quantitative estimate of drug-likeness (QED) is 0.187. The summed E-state index contributed by atoms with van der Waals surface area (Å²) in [6.07, 6.45) is 0. The van der Waals surface area contributed by atoms with Crippen LogP contribution < -0.4 is 29.6 Å². The van der Waals surface area contributed by atoms with Crippen molar-refractivity contribution < 1.29 is 49.1 Å². The van der Waals surface area contributed by atoms with Crippen LogP contribution in [0.4, 0.5) is 0 Å². The molecule has 0 heterocycles. The van der Waals surface area contributed by atoms with Crippen LogP contribution in [0.2, 0.25) is 0 Å². The fourth-order valence-electron chi connectivity index (χ4n) is 0.0152. The Kier molecular flexibility index (Phi) is 15.7. The van der Waals surface area contributed by atoms with Gasteiger partial charge in [-0.05, 0) is 9.60 Å². The summed E-state index contributed by atoms with van der Waals surface area (Å²) in [5, 5.41) is 10.0. The molecule has 0 radical (unpaired) electrons. The Morgan fingerprint density at radius 1 is 1.67 bits per heavy atom. The van der Waals surface area contributed by atoms with E-state index in [1.54, 1.807) is 0 Å². The first-order chi connectivity index (χ1) is 2.41. The predicted molar refractivity (Wildman–Crippen MR) is 13.8 cm³/mol. The van der Waals surface area contributed by atoms with Crippen molar-refractivity contribution in [2.24, 2.45) is 0 Å². The third-order valence-electron chi connectivity index (χ3n) is 0.0713. The van der Waals surface area contributed by atoms with Gasteiger partial charge in [0, 0.05) is 0 Å². The molecule has 30 valence electrons. The van der Waals surface area contributed by atoms with E-state index in [1.165, 1.54) is 0 Å². The zero-order valence-corrected chi connectivity index (χ0v) is 6.17. The van der Waals surface area contributed by atoms with Gasteiger partial charge in [-0.2, -0.15) is 0 Å². The summed E-state index contributed by atoms with van der Waals surface area (Å²) in [4.78, 5) is 0. The van der Waals surface area contributed by atoms with E-state index in [0.29, 0.717) is 0 Å². The molecule has 0 bridgehead atoms. The molecular weight excluding hydrogens is 118 g/mol. The normalized spacial score (nSPS) is 7.50. The van der Waals surface area contributed by atoms with Gasteiger partial charge in [0.2, 0.25) is 0 Å². The van der Waals surface area contributed by atoms with E-state index >= 15 is 0 Å². The van der Waals surface area contributed by atoms with Gasteiger partial charge >= 0.3 is 38.2 Å². The minimum atomic E-state index is -1.06. The van der Waals surface area contributed by atoms with E-state index in [2.05, 4.69) is 9.71 Å². The predicted octanol–water partition coefficient (Wildman–Crippen LogP) is -2.65. The third kappa shape index (κ3) is 8.88. The van der Waals surface area contributed by atoms with Gasteiger partial charge in [-0.1, -0.05) is 0 Å². The molecule has 4 nitrogen and oxygen atoms in total. The van der Waals surface area contributed by atoms with Crippen molar-refractivity contribution in [3.8, 4) is 0 Å². The summed E-state index contributed by atoms with van der Waals surface area (Å²) in [5.41, 5.74) is 0. The van der Waals surface area contributed by atoms with Crippen LogP contribution in [-0.4, -0.2) is 5.26 Å². The van der Waals surface area contributed by atoms with Crippen LogP contribution >= 0.6 is 8.69 Å². The smallest absolute Gasteiger partial charge is 0.218 e. The van der Waals surface area contributed by atoms with Gasteiger partial charge < -0.3 is 0 Å². The molecule has 1 unspecified atom stereocenters. The zero-order valence-electron chi connectivity index (χ0n) is 3.17. The molecule has 0 aromatic rings. The molecular formula is H2NaO4P+2. The summed E-state index contributed by atoms with van der Waals surface area (Å²) < 4.78 is 12.4. The van der Waals surface area contributed by atoms with Crippen LogP contribution in [0.1, 0.15) is 0 Å². The molecule has 0 rings (SSSR count). The summed E-state index contributed by atoms with van der Waals surface area (Å²) in [5.74, 6) is 0. The topological polar surface area (TPSA) is 55.8 Å². The molecule has 0 amide bonds. The van der Waals surface area contributed by atoms with Crippen LogP contribution in [0.5, 0.6) is 0 Å². The maximum absolute atomic E-state index is 9.05. The fourth-order valence-corrected chi connectivity index (χ4v) is 0.0456. The summed E-state index contributed by atoms with van der Waals surface area (Å²) in [6.45, 7) is 0. The van der Waals surface area contributed by atoms with Crippen LogP contribution in [0.3, 0.4) is 0 Å². The Hall–Kier alpha value is 0.980. The monoisotopic (exact) mass is 120 g/mol. The van der Waals surface area contributed by atoms with E-state index in [9.17, 15) is 0 Å². The second kappa shape index (κ2) is 9.36. The third-order valence-corrected chi connectivity index (χ3v) is 0.214. The molecule has 6 heteroatoms. The van der Waals surface area contributed by atoms with Gasteiger partial charge in [-0.3, -0.25) is 0 Å². The second-order valence-electron chi connectivity index (χ2n) is 0.241. The van der Waals surface area contributed by atoms with Crippen molar-refractivity contribution in [1.82, 2.24) is 0 Å². The molecule has 1 atom stereocenters. The van der Waals surface area contributed by atoms with Crippen LogP contribution in [-0.2, 0) is 14.3 Å². The first kappa shape index (κ1) is 10.1. The Bertz CT molecular complexity index is 28.7. The van der Waals surface area contributed by atoms with E-state index in [1.807, 2.05) is 0 Å². The van der Waals surface area contributed by atoms with Gasteiger partial charge in [0.1, 0.15) is 0 Å². The van der Waals surface area contributed by atoms with Crippen LogP contribution in [0, 0.1) is 0 Å². The number of hydrogen-bond donors (Lipinski definition) is 1.